The van der Waals surface area contributed by atoms with Crippen LogP contribution in [0.25, 0.3) is 6.08 Å². The normalized spacial score (nSPS) is 19.3. The number of nitrogens with one attached hydrogen (secondary N) is 1. The fourth-order valence-electron chi connectivity index (χ4n) is 2.05. The van der Waals surface area contributed by atoms with Crippen LogP contribution >= 0.6 is 23.7 Å². The van der Waals surface area contributed by atoms with Crippen molar-refractivity contribution >= 4 is 51.9 Å². The third kappa shape index (κ3) is 3.40. The van der Waals surface area contributed by atoms with Crippen molar-refractivity contribution in [3.05, 3.63) is 41.5 Å². The van der Waals surface area contributed by atoms with Crippen LogP contribution in [-0.2, 0) is 4.79 Å². The Kier molecular flexibility index (Phi) is 4.68. The molecule has 2 heterocycles. The number of hydrogen-bond acceptors (Lipinski definition) is 5. The molecule has 23 heavy (non-hydrogen) atoms. The SMILES string of the molecule is CC(C)CSC1=NSC2=NC(=O)/C(=C\c3ccccc3)C(=N)N12. The zero-order valence-corrected chi connectivity index (χ0v) is 14.4. The maximum Gasteiger partial charge on any atom is 0.283 e. The van der Waals surface area contributed by atoms with E-state index in [4.69, 9.17) is 5.41 Å². The zero-order valence-electron chi connectivity index (χ0n) is 12.8. The summed E-state index contributed by atoms with van der Waals surface area (Å²) in [6.45, 7) is 4.27. The van der Waals surface area contributed by atoms with Crippen molar-refractivity contribution < 1.29 is 4.79 Å². The van der Waals surface area contributed by atoms with Gasteiger partial charge in [0.05, 0.1) is 17.5 Å². The molecule has 0 saturated carbocycles. The molecule has 0 aliphatic carbocycles. The first-order chi connectivity index (χ1) is 11.1. The Bertz CT molecular complexity index is 738. The summed E-state index contributed by atoms with van der Waals surface area (Å²) in [7, 11) is 0. The molecule has 118 valence electrons. The number of fused-ring (bicyclic) bond motifs is 1. The molecule has 0 aromatic heterocycles. The summed E-state index contributed by atoms with van der Waals surface area (Å²) in [4.78, 5) is 18.0. The van der Waals surface area contributed by atoms with Gasteiger partial charge in [-0.2, -0.15) is 9.39 Å². The van der Waals surface area contributed by atoms with E-state index in [9.17, 15) is 4.79 Å². The molecule has 2 aliphatic heterocycles. The number of amides is 1. The first-order valence-corrected chi connectivity index (χ1v) is 8.99. The predicted octanol–water partition coefficient (Wildman–Crippen LogP) is 3.65. The minimum Gasteiger partial charge on any atom is -0.283 e. The van der Waals surface area contributed by atoms with E-state index in [0.29, 0.717) is 16.7 Å². The molecule has 0 unspecified atom stereocenters. The lowest BCUT2D eigenvalue weighted by molar-refractivity contribution is -0.114. The van der Waals surface area contributed by atoms with Crippen LogP contribution in [0.5, 0.6) is 0 Å². The van der Waals surface area contributed by atoms with Gasteiger partial charge in [-0.05, 0) is 17.6 Å². The maximum absolute atomic E-state index is 12.2. The number of benzene rings is 1. The molecule has 3 rings (SSSR count). The Balaban J connectivity index is 1.89. The number of rotatable bonds is 3. The molecule has 0 saturated heterocycles. The average Bonchev–Trinajstić information content (AvgIpc) is 2.93. The Hall–Kier alpha value is -1.86. The molecule has 2 aliphatic rings. The molecule has 0 fully saturated rings. The monoisotopic (exact) mass is 344 g/mol. The molecule has 0 atom stereocenters. The van der Waals surface area contributed by atoms with E-state index in [1.165, 1.54) is 0 Å². The predicted molar refractivity (Wildman–Crippen MR) is 98.7 cm³/mol. The second-order valence-corrected chi connectivity index (χ2v) is 7.24. The minimum absolute atomic E-state index is 0.142. The van der Waals surface area contributed by atoms with Crippen molar-refractivity contribution in [1.82, 2.24) is 4.90 Å². The standard InChI is InChI=1S/C16H16N4OS2/c1-10(2)9-22-16-19-23-15-18-14(21)12(13(17)20(15)16)8-11-6-4-3-5-7-11/h3-8,10,17H,9H2,1-2H3/b12-8-,17-13?. The van der Waals surface area contributed by atoms with Crippen LogP contribution in [0.4, 0.5) is 0 Å². The summed E-state index contributed by atoms with van der Waals surface area (Å²) in [6, 6.07) is 9.50. The van der Waals surface area contributed by atoms with Gasteiger partial charge in [-0.25, -0.2) is 4.90 Å². The highest BCUT2D eigenvalue weighted by molar-refractivity contribution is 8.19. The first-order valence-electron chi connectivity index (χ1n) is 7.23. The van der Waals surface area contributed by atoms with E-state index in [1.54, 1.807) is 22.7 Å². The van der Waals surface area contributed by atoms with Crippen LogP contribution in [0.15, 0.2) is 45.3 Å². The number of amidine groups is 3. The summed E-state index contributed by atoms with van der Waals surface area (Å²) in [5.74, 6) is 1.18. The van der Waals surface area contributed by atoms with Gasteiger partial charge in [0.25, 0.3) is 5.91 Å². The summed E-state index contributed by atoms with van der Waals surface area (Å²) in [5.41, 5.74) is 1.17. The van der Waals surface area contributed by atoms with Crippen molar-refractivity contribution in [2.24, 2.45) is 15.3 Å². The van der Waals surface area contributed by atoms with Gasteiger partial charge in [0.2, 0.25) is 5.17 Å². The lowest BCUT2D eigenvalue weighted by Gasteiger charge is -2.24. The maximum atomic E-state index is 12.2. The number of carbonyl (C=O) groups is 1. The zero-order chi connectivity index (χ0) is 16.4. The van der Waals surface area contributed by atoms with E-state index in [2.05, 4.69) is 23.2 Å². The molecular weight excluding hydrogens is 328 g/mol. The summed E-state index contributed by atoms with van der Waals surface area (Å²) < 4.78 is 4.35. The van der Waals surface area contributed by atoms with Crippen LogP contribution in [0, 0.1) is 11.3 Å². The topological polar surface area (TPSA) is 68.9 Å². The van der Waals surface area contributed by atoms with Crippen LogP contribution in [-0.4, -0.2) is 32.7 Å². The van der Waals surface area contributed by atoms with Crippen molar-refractivity contribution in [2.45, 2.75) is 13.8 Å². The third-order valence-electron chi connectivity index (χ3n) is 3.15. The van der Waals surface area contributed by atoms with Crippen molar-refractivity contribution in [2.75, 3.05) is 5.75 Å². The van der Waals surface area contributed by atoms with Gasteiger partial charge < -0.3 is 0 Å². The van der Waals surface area contributed by atoms with Gasteiger partial charge in [0.1, 0.15) is 5.84 Å². The van der Waals surface area contributed by atoms with Crippen molar-refractivity contribution in [3.8, 4) is 0 Å². The molecule has 0 spiro atoms. The highest BCUT2D eigenvalue weighted by Crippen LogP contribution is 2.32. The Labute approximate surface area is 143 Å². The van der Waals surface area contributed by atoms with E-state index in [0.717, 1.165) is 28.4 Å². The highest BCUT2D eigenvalue weighted by atomic mass is 32.2. The van der Waals surface area contributed by atoms with E-state index in [1.807, 2.05) is 30.3 Å². The fraction of sp³-hybridized carbons (Fsp3) is 0.250. The van der Waals surface area contributed by atoms with Gasteiger partial charge >= 0.3 is 0 Å². The smallest absolute Gasteiger partial charge is 0.283 e. The van der Waals surface area contributed by atoms with Crippen LogP contribution in [0.1, 0.15) is 19.4 Å². The fourth-order valence-corrected chi connectivity index (χ4v) is 3.85. The van der Waals surface area contributed by atoms with Gasteiger partial charge in [0.15, 0.2) is 5.17 Å². The lowest BCUT2D eigenvalue weighted by Crippen LogP contribution is -2.41. The molecule has 0 bridgehead atoms. The molecule has 7 heteroatoms. The van der Waals surface area contributed by atoms with E-state index >= 15 is 0 Å². The molecule has 1 aromatic rings. The number of thioether (sulfide) groups is 1. The Morgan fingerprint density at radius 3 is 2.78 bits per heavy atom. The molecule has 0 radical (unpaired) electrons. The van der Waals surface area contributed by atoms with Gasteiger partial charge in [-0.1, -0.05) is 55.9 Å². The molecule has 1 N–H and O–H groups in total. The Morgan fingerprint density at radius 2 is 2.09 bits per heavy atom. The van der Waals surface area contributed by atoms with Crippen LogP contribution in [0.2, 0.25) is 0 Å². The Morgan fingerprint density at radius 1 is 1.35 bits per heavy atom. The average molecular weight is 344 g/mol. The van der Waals surface area contributed by atoms with Crippen molar-refractivity contribution in [1.29, 1.82) is 5.41 Å². The van der Waals surface area contributed by atoms with E-state index in [-0.39, 0.29) is 11.7 Å². The number of aliphatic imine (C=N–C) groups is 1. The molecule has 1 amide bonds. The van der Waals surface area contributed by atoms with Crippen LogP contribution < -0.4 is 0 Å². The number of hydrogen-bond donors (Lipinski definition) is 1. The largest absolute Gasteiger partial charge is 0.283 e. The van der Waals surface area contributed by atoms with Gasteiger partial charge in [0, 0.05) is 5.75 Å². The van der Waals surface area contributed by atoms with Gasteiger partial charge in [-0.3, -0.25) is 10.2 Å². The van der Waals surface area contributed by atoms with Crippen molar-refractivity contribution in [3.63, 3.8) is 0 Å². The molecular formula is C16H16N4OS2. The molecule has 1 aromatic carbocycles. The summed E-state index contributed by atoms with van der Waals surface area (Å²) in [6.07, 6.45) is 1.71. The lowest BCUT2D eigenvalue weighted by atomic mass is 10.1. The number of carbonyl (C=O) groups excluding carboxylic acids is 1. The minimum atomic E-state index is -0.386. The first kappa shape index (κ1) is 16.0. The van der Waals surface area contributed by atoms with Crippen LogP contribution in [0.3, 0.4) is 0 Å². The summed E-state index contributed by atoms with van der Waals surface area (Å²) >= 11 is 2.74. The summed E-state index contributed by atoms with van der Waals surface area (Å²) in [5, 5.41) is 9.61. The van der Waals surface area contributed by atoms with E-state index < -0.39 is 0 Å². The van der Waals surface area contributed by atoms with Gasteiger partial charge in [-0.15, -0.1) is 0 Å². The third-order valence-corrected chi connectivity index (χ3v) is 5.33. The molecule has 5 nitrogen and oxygen atoms in total. The second kappa shape index (κ2) is 6.72. The quantitative estimate of drug-likeness (QED) is 0.671. The number of nitrogens with zero attached hydrogens (tertiary/aromatic N) is 3. The highest BCUT2D eigenvalue weighted by Gasteiger charge is 2.37. The second-order valence-electron chi connectivity index (χ2n) is 5.52.